The number of halogens is 1. The van der Waals surface area contributed by atoms with Gasteiger partial charge in [-0.2, -0.15) is 0 Å². The van der Waals surface area contributed by atoms with Crippen molar-refractivity contribution in [3.63, 3.8) is 0 Å². The van der Waals surface area contributed by atoms with E-state index in [1.807, 2.05) is 26.0 Å². The van der Waals surface area contributed by atoms with Crippen molar-refractivity contribution in [2.45, 2.75) is 30.8 Å². The average molecular weight is 403 g/mol. The highest BCUT2D eigenvalue weighted by Crippen LogP contribution is 2.25. The maximum Gasteiger partial charge on any atom is 0.337 e. The summed E-state index contributed by atoms with van der Waals surface area (Å²) in [4.78, 5) is 29.3. The molecule has 7 heteroatoms. The molecule has 1 heterocycles. The van der Waals surface area contributed by atoms with Crippen LogP contribution < -0.4 is 5.56 Å². The molecule has 140 valence electrons. The Morgan fingerprint density at radius 1 is 1.26 bits per heavy atom. The highest BCUT2D eigenvalue weighted by molar-refractivity contribution is 7.98. The molecule has 0 aliphatic rings. The third-order valence-corrected chi connectivity index (χ3v) is 5.32. The molecule has 0 bridgehead atoms. The number of aromatic nitrogens is 2. The number of methoxy groups -OCH3 is 1. The Hall–Kier alpha value is -2.31. The summed E-state index contributed by atoms with van der Waals surface area (Å²) in [6, 6.07) is 12.3. The molecule has 0 radical (unpaired) electrons. The van der Waals surface area contributed by atoms with E-state index in [4.69, 9.17) is 16.3 Å². The molecule has 0 saturated heterocycles. The maximum atomic E-state index is 12.9. The predicted octanol–water partition coefficient (Wildman–Crippen LogP) is 4.71. The van der Waals surface area contributed by atoms with E-state index in [1.165, 1.54) is 18.9 Å². The van der Waals surface area contributed by atoms with Crippen molar-refractivity contribution in [3.8, 4) is 0 Å². The number of carbonyl (C=O) groups is 1. The fourth-order valence-corrected chi connectivity index (χ4v) is 4.00. The zero-order valence-corrected chi connectivity index (χ0v) is 16.8. The number of fused-ring (bicyclic) bond motifs is 1. The summed E-state index contributed by atoms with van der Waals surface area (Å²) in [7, 11) is 1.36. The summed E-state index contributed by atoms with van der Waals surface area (Å²) in [5.41, 5.74) is 1.93. The van der Waals surface area contributed by atoms with E-state index in [2.05, 4.69) is 4.98 Å². The van der Waals surface area contributed by atoms with Crippen LogP contribution in [0.5, 0.6) is 0 Å². The van der Waals surface area contributed by atoms with Crippen molar-refractivity contribution in [1.82, 2.24) is 9.55 Å². The molecular formula is C20H19ClN2O3S. The number of esters is 1. The van der Waals surface area contributed by atoms with Gasteiger partial charge in [0.15, 0.2) is 5.16 Å². The lowest BCUT2D eigenvalue weighted by molar-refractivity contribution is 0.0600. The van der Waals surface area contributed by atoms with Gasteiger partial charge in [0.25, 0.3) is 5.56 Å². The Morgan fingerprint density at radius 2 is 2.04 bits per heavy atom. The van der Waals surface area contributed by atoms with Crippen LogP contribution in [-0.2, 0) is 10.5 Å². The van der Waals surface area contributed by atoms with Crippen molar-refractivity contribution in [2.24, 2.45) is 0 Å². The molecule has 5 nitrogen and oxygen atoms in total. The number of nitrogens with zero attached hydrogens (tertiary/aromatic N) is 2. The third-order valence-electron chi connectivity index (χ3n) is 4.06. The van der Waals surface area contributed by atoms with E-state index >= 15 is 0 Å². The Balaban J connectivity index is 1.98. The summed E-state index contributed by atoms with van der Waals surface area (Å²) in [5.74, 6) is 0.190. The molecule has 0 aliphatic carbocycles. The van der Waals surface area contributed by atoms with E-state index in [0.29, 0.717) is 32.4 Å². The lowest BCUT2D eigenvalue weighted by Gasteiger charge is -2.16. The second-order valence-corrected chi connectivity index (χ2v) is 7.68. The molecule has 0 amide bonds. The monoisotopic (exact) mass is 402 g/mol. The van der Waals surface area contributed by atoms with E-state index in [9.17, 15) is 9.59 Å². The molecule has 1 aromatic heterocycles. The number of thioether (sulfide) groups is 1. The van der Waals surface area contributed by atoms with E-state index in [0.717, 1.165) is 5.56 Å². The number of carbonyl (C=O) groups excluding carboxylic acids is 1. The predicted molar refractivity (Wildman–Crippen MR) is 109 cm³/mol. The maximum absolute atomic E-state index is 12.9. The van der Waals surface area contributed by atoms with Crippen LogP contribution in [0.25, 0.3) is 10.9 Å². The quantitative estimate of drug-likeness (QED) is 0.351. The largest absolute Gasteiger partial charge is 0.465 e. The molecule has 3 aromatic rings. The summed E-state index contributed by atoms with van der Waals surface area (Å²) in [5, 5.41) is 1.71. The van der Waals surface area contributed by atoms with Gasteiger partial charge in [-0.25, -0.2) is 9.78 Å². The van der Waals surface area contributed by atoms with Crippen LogP contribution in [0.4, 0.5) is 0 Å². The lowest BCUT2D eigenvalue weighted by atomic mass is 10.1. The molecule has 0 aliphatic heterocycles. The van der Waals surface area contributed by atoms with Gasteiger partial charge in [-0.05, 0) is 49.7 Å². The highest BCUT2D eigenvalue weighted by atomic mass is 35.5. The van der Waals surface area contributed by atoms with Gasteiger partial charge in [0.1, 0.15) is 0 Å². The van der Waals surface area contributed by atoms with Gasteiger partial charge in [-0.1, -0.05) is 35.5 Å². The highest BCUT2D eigenvalue weighted by Gasteiger charge is 2.15. The molecule has 0 unspecified atom stereocenters. The van der Waals surface area contributed by atoms with E-state index in [1.54, 1.807) is 34.9 Å². The van der Waals surface area contributed by atoms with E-state index < -0.39 is 0 Å². The van der Waals surface area contributed by atoms with Crippen LogP contribution in [0.15, 0.2) is 52.4 Å². The first-order valence-electron chi connectivity index (χ1n) is 8.42. The Kier molecular flexibility index (Phi) is 5.87. The minimum atomic E-state index is -0.376. The van der Waals surface area contributed by atoms with Crippen molar-refractivity contribution < 1.29 is 9.53 Å². The zero-order valence-electron chi connectivity index (χ0n) is 15.2. The Bertz CT molecular complexity index is 1060. The smallest absolute Gasteiger partial charge is 0.337 e. The summed E-state index contributed by atoms with van der Waals surface area (Å²) >= 11 is 7.51. The first kappa shape index (κ1) is 19.5. The van der Waals surface area contributed by atoms with Crippen molar-refractivity contribution in [2.75, 3.05) is 7.11 Å². The second kappa shape index (κ2) is 8.15. The standard InChI is InChI=1S/C20H19ClN2O3S/c1-12(2)23-18(24)16-8-7-15(21)10-17(16)22-20(23)27-11-13-5-4-6-14(9-13)19(25)26-3/h4-10,12H,11H2,1-3H3. The molecule has 3 rings (SSSR count). The fraction of sp³-hybridized carbons (Fsp3) is 0.250. The summed E-state index contributed by atoms with van der Waals surface area (Å²) in [6.07, 6.45) is 0. The molecule has 27 heavy (non-hydrogen) atoms. The van der Waals surface area contributed by atoms with Gasteiger partial charge in [0.05, 0.1) is 23.6 Å². The fourth-order valence-electron chi connectivity index (χ4n) is 2.76. The van der Waals surface area contributed by atoms with Crippen LogP contribution >= 0.6 is 23.4 Å². The SMILES string of the molecule is COC(=O)c1cccc(CSc2nc3cc(Cl)ccc3c(=O)n2C(C)C)c1. The number of rotatable bonds is 5. The van der Waals surface area contributed by atoms with Crippen LogP contribution in [0.1, 0.15) is 35.8 Å². The number of benzene rings is 2. The van der Waals surface area contributed by atoms with Crippen LogP contribution in [0.3, 0.4) is 0 Å². The topological polar surface area (TPSA) is 61.2 Å². The molecule has 0 fully saturated rings. The van der Waals surface area contributed by atoms with Gasteiger partial charge < -0.3 is 4.74 Å². The van der Waals surface area contributed by atoms with Crippen LogP contribution in [-0.4, -0.2) is 22.6 Å². The normalized spacial score (nSPS) is 11.1. The number of hydrogen-bond donors (Lipinski definition) is 0. The van der Waals surface area contributed by atoms with Gasteiger partial charge in [-0.15, -0.1) is 0 Å². The lowest BCUT2D eigenvalue weighted by Crippen LogP contribution is -2.25. The van der Waals surface area contributed by atoms with E-state index in [-0.39, 0.29) is 17.6 Å². The minimum absolute atomic E-state index is 0.0334. The molecular weight excluding hydrogens is 384 g/mol. The van der Waals surface area contributed by atoms with Gasteiger partial charge >= 0.3 is 5.97 Å². The Morgan fingerprint density at radius 3 is 2.74 bits per heavy atom. The van der Waals surface area contributed by atoms with Crippen LogP contribution in [0, 0.1) is 0 Å². The van der Waals surface area contributed by atoms with Gasteiger partial charge in [0.2, 0.25) is 0 Å². The third kappa shape index (κ3) is 4.17. The number of ether oxygens (including phenoxy) is 1. The second-order valence-electron chi connectivity index (χ2n) is 6.31. The Labute approximate surface area is 166 Å². The first-order chi connectivity index (χ1) is 12.9. The van der Waals surface area contributed by atoms with Crippen molar-refractivity contribution in [1.29, 1.82) is 0 Å². The summed E-state index contributed by atoms with van der Waals surface area (Å²) in [6.45, 7) is 3.90. The van der Waals surface area contributed by atoms with Crippen molar-refractivity contribution in [3.05, 3.63) is 69.0 Å². The van der Waals surface area contributed by atoms with Crippen LogP contribution in [0.2, 0.25) is 5.02 Å². The average Bonchev–Trinajstić information content (AvgIpc) is 2.65. The molecule has 0 spiro atoms. The minimum Gasteiger partial charge on any atom is -0.465 e. The van der Waals surface area contributed by atoms with Gasteiger partial charge in [-0.3, -0.25) is 9.36 Å². The molecule has 0 atom stereocenters. The zero-order chi connectivity index (χ0) is 19.6. The molecule has 0 N–H and O–H groups in total. The molecule has 0 saturated carbocycles. The van der Waals surface area contributed by atoms with Gasteiger partial charge in [0, 0.05) is 16.8 Å². The van der Waals surface area contributed by atoms with Crippen molar-refractivity contribution >= 4 is 40.2 Å². The number of hydrogen-bond acceptors (Lipinski definition) is 5. The first-order valence-corrected chi connectivity index (χ1v) is 9.79. The summed E-state index contributed by atoms with van der Waals surface area (Å²) < 4.78 is 6.45. The molecule has 2 aromatic carbocycles.